The lowest BCUT2D eigenvalue weighted by atomic mass is 10.3. The molecule has 5 nitrogen and oxygen atoms in total. The van der Waals surface area contributed by atoms with Crippen LogP contribution in [0.1, 0.15) is 19.8 Å². The molecule has 0 amide bonds. The summed E-state index contributed by atoms with van der Waals surface area (Å²) >= 11 is 0. The summed E-state index contributed by atoms with van der Waals surface area (Å²) in [5.74, 6) is 0.250. The van der Waals surface area contributed by atoms with Crippen molar-refractivity contribution in [3.8, 4) is 0 Å². The van der Waals surface area contributed by atoms with Crippen LogP contribution in [0.3, 0.4) is 0 Å². The van der Waals surface area contributed by atoms with Crippen molar-refractivity contribution in [2.45, 2.75) is 32.0 Å². The molecule has 1 unspecified atom stereocenters. The fraction of sp³-hybridized carbons (Fsp3) is 0.600. The van der Waals surface area contributed by atoms with Gasteiger partial charge in [-0.3, -0.25) is 4.99 Å². The van der Waals surface area contributed by atoms with Crippen molar-refractivity contribution >= 4 is 35.8 Å². The Bertz CT molecular complexity index is 567. The lowest BCUT2D eigenvalue weighted by Gasteiger charge is -2.20. The van der Waals surface area contributed by atoms with Gasteiger partial charge in [-0.05, 0) is 25.5 Å². The second kappa shape index (κ2) is 9.97. The quantitative estimate of drug-likeness (QED) is 0.298. The monoisotopic (exact) mass is 475 g/mol. The SMILES string of the molecule is CCNC(=NCCC(F)(F)F)NC1CCN(c2ncccc2F)C1.I. The van der Waals surface area contributed by atoms with Gasteiger partial charge in [0.05, 0.1) is 13.0 Å². The second-order valence-corrected chi connectivity index (χ2v) is 5.51. The van der Waals surface area contributed by atoms with Gasteiger partial charge in [0.15, 0.2) is 17.6 Å². The van der Waals surface area contributed by atoms with Gasteiger partial charge in [-0.1, -0.05) is 0 Å². The number of nitrogens with one attached hydrogen (secondary N) is 2. The molecule has 0 aromatic carbocycles. The number of anilines is 1. The molecule has 2 rings (SSSR count). The normalized spacial score (nSPS) is 18.0. The number of rotatable bonds is 5. The van der Waals surface area contributed by atoms with Crippen LogP contribution >= 0.6 is 24.0 Å². The van der Waals surface area contributed by atoms with Crippen molar-refractivity contribution in [1.29, 1.82) is 0 Å². The van der Waals surface area contributed by atoms with Gasteiger partial charge in [0.2, 0.25) is 0 Å². The Balaban J connectivity index is 0.00000312. The van der Waals surface area contributed by atoms with Crippen LogP contribution in [0, 0.1) is 5.82 Å². The van der Waals surface area contributed by atoms with E-state index in [2.05, 4.69) is 20.6 Å². The summed E-state index contributed by atoms with van der Waals surface area (Å²) in [5, 5.41) is 6.03. The minimum atomic E-state index is -4.22. The van der Waals surface area contributed by atoms with Gasteiger partial charge in [0, 0.05) is 31.9 Å². The topological polar surface area (TPSA) is 52.6 Å². The van der Waals surface area contributed by atoms with Gasteiger partial charge in [-0.2, -0.15) is 13.2 Å². The van der Waals surface area contributed by atoms with Crippen LogP contribution in [0.4, 0.5) is 23.4 Å². The Labute approximate surface area is 161 Å². The predicted molar refractivity (Wildman–Crippen MR) is 100 cm³/mol. The van der Waals surface area contributed by atoms with E-state index in [-0.39, 0.29) is 42.4 Å². The first-order chi connectivity index (χ1) is 11.4. The van der Waals surface area contributed by atoms with E-state index in [1.807, 2.05) is 11.8 Å². The van der Waals surface area contributed by atoms with Crippen LogP contribution in [0.2, 0.25) is 0 Å². The first-order valence-electron chi connectivity index (χ1n) is 7.86. The summed E-state index contributed by atoms with van der Waals surface area (Å²) in [6, 6.07) is 2.85. The largest absolute Gasteiger partial charge is 0.390 e. The summed E-state index contributed by atoms with van der Waals surface area (Å²) < 4.78 is 50.4. The van der Waals surface area contributed by atoms with E-state index in [4.69, 9.17) is 0 Å². The minimum absolute atomic E-state index is 0. The molecule has 1 atom stereocenters. The van der Waals surface area contributed by atoms with E-state index in [9.17, 15) is 17.6 Å². The van der Waals surface area contributed by atoms with Gasteiger partial charge >= 0.3 is 6.18 Å². The van der Waals surface area contributed by atoms with E-state index in [1.54, 1.807) is 0 Å². The summed E-state index contributed by atoms with van der Waals surface area (Å²) in [6.07, 6.45) is -2.93. The number of hydrogen-bond acceptors (Lipinski definition) is 3. The third kappa shape index (κ3) is 7.20. The van der Waals surface area contributed by atoms with Crippen LogP contribution in [0.15, 0.2) is 23.3 Å². The molecule has 142 valence electrons. The molecule has 25 heavy (non-hydrogen) atoms. The number of aliphatic imine (C=N–C) groups is 1. The van der Waals surface area contributed by atoms with Crippen LogP contribution in [-0.2, 0) is 0 Å². The Morgan fingerprint density at radius 1 is 1.44 bits per heavy atom. The van der Waals surface area contributed by atoms with Gasteiger partial charge in [-0.15, -0.1) is 24.0 Å². The lowest BCUT2D eigenvalue weighted by Crippen LogP contribution is -2.44. The second-order valence-electron chi connectivity index (χ2n) is 5.51. The third-order valence-electron chi connectivity index (χ3n) is 3.58. The zero-order valence-corrected chi connectivity index (χ0v) is 16.1. The maximum absolute atomic E-state index is 13.8. The molecule has 0 spiro atoms. The number of halogens is 5. The van der Waals surface area contributed by atoms with Crippen molar-refractivity contribution < 1.29 is 17.6 Å². The Kier molecular flexibility index (Phi) is 8.66. The average Bonchev–Trinajstić information content (AvgIpc) is 2.95. The first kappa shape index (κ1) is 21.7. The molecule has 2 heterocycles. The van der Waals surface area contributed by atoms with E-state index < -0.39 is 12.6 Å². The molecule has 10 heteroatoms. The summed E-state index contributed by atoms with van der Waals surface area (Å²) in [4.78, 5) is 9.79. The van der Waals surface area contributed by atoms with Crippen molar-refractivity contribution in [3.63, 3.8) is 0 Å². The first-order valence-corrected chi connectivity index (χ1v) is 7.86. The summed E-state index contributed by atoms with van der Waals surface area (Å²) in [5.41, 5.74) is 0. The van der Waals surface area contributed by atoms with Crippen molar-refractivity contribution in [2.24, 2.45) is 4.99 Å². The van der Waals surface area contributed by atoms with Gasteiger partial charge in [-0.25, -0.2) is 9.37 Å². The maximum Gasteiger partial charge on any atom is 0.390 e. The van der Waals surface area contributed by atoms with Gasteiger partial charge in [0.25, 0.3) is 0 Å². The van der Waals surface area contributed by atoms with E-state index in [0.29, 0.717) is 31.4 Å². The van der Waals surface area contributed by atoms with Crippen molar-refractivity contribution in [1.82, 2.24) is 15.6 Å². The molecular formula is C15H22F4IN5. The summed E-state index contributed by atoms with van der Waals surface area (Å²) in [6.45, 7) is 3.18. The summed E-state index contributed by atoms with van der Waals surface area (Å²) in [7, 11) is 0. The minimum Gasteiger partial charge on any atom is -0.357 e. The van der Waals surface area contributed by atoms with E-state index in [1.165, 1.54) is 18.3 Å². The van der Waals surface area contributed by atoms with Crippen LogP contribution < -0.4 is 15.5 Å². The molecule has 2 N–H and O–H groups in total. The van der Waals surface area contributed by atoms with Crippen LogP contribution in [-0.4, -0.2) is 49.3 Å². The highest BCUT2D eigenvalue weighted by molar-refractivity contribution is 14.0. The number of pyridine rings is 1. The maximum atomic E-state index is 13.8. The standard InChI is InChI=1S/C15H21F4N5.HI/c1-2-20-14(22-8-6-15(17,18)19)23-11-5-9-24(10-11)13-12(16)4-3-7-21-13;/h3-4,7,11H,2,5-6,8-10H2,1H3,(H2,20,22,23);1H. The highest BCUT2D eigenvalue weighted by Gasteiger charge is 2.27. The number of guanidine groups is 1. The molecule has 1 aliphatic rings. The highest BCUT2D eigenvalue weighted by atomic mass is 127. The predicted octanol–water partition coefficient (Wildman–Crippen LogP) is 2.92. The number of aromatic nitrogens is 1. The average molecular weight is 475 g/mol. The van der Waals surface area contributed by atoms with Crippen LogP contribution in [0.5, 0.6) is 0 Å². The molecule has 0 saturated carbocycles. The molecule has 1 fully saturated rings. The molecule has 1 aliphatic heterocycles. The zero-order valence-electron chi connectivity index (χ0n) is 13.8. The Morgan fingerprint density at radius 2 is 2.20 bits per heavy atom. The van der Waals surface area contributed by atoms with E-state index in [0.717, 1.165) is 6.42 Å². The van der Waals surface area contributed by atoms with E-state index >= 15 is 0 Å². The Morgan fingerprint density at radius 3 is 2.84 bits per heavy atom. The highest BCUT2D eigenvalue weighted by Crippen LogP contribution is 2.21. The van der Waals surface area contributed by atoms with Crippen LogP contribution in [0.25, 0.3) is 0 Å². The van der Waals surface area contributed by atoms with Crippen molar-refractivity contribution in [3.05, 3.63) is 24.1 Å². The lowest BCUT2D eigenvalue weighted by molar-refractivity contribution is -0.132. The van der Waals surface area contributed by atoms with Gasteiger partial charge in [0.1, 0.15) is 0 Å². The number of alkyl halides is 3. The molecule has 0 bridgehead atoms. The Hall–Kier alpha value is -1.33. The molecular weight excluding hydrogens is 453 g/mol. The third-order valence-corrected chi connectivity index (χ3v) is 3.58. The zero-order chi connectivity index (χ0) is 17.6. The number of hydrogen-bond donors (Lipinski definition) is 2. The molecule has 1 aromatic rings. The molecule has 0 radical (unpaired) electrons. The molecule has 1 saturated heterocycles. The van der Waals surface area contributed by atoms with Gasteiger partial charge < -0.3 is 15.5 Å². The number of nitrogens with zero attached hydrogens (tertiary/aromatic N) is 3. The smallest absolute Gasteiger partial charge is 0.357 e. The fourth-order valence-corrected chi connectivity index (χ4v) is 2.49. The van der Waals surface area contributed by atoms with Crippen molar-refractivity contribution in [2.75, 3.05) is 31.1 Å². The fourth-order valence-electron chi connectivity index (χ4n) is 2.49. The molecule has 1 aromatic heterocycles. The molecule has 0 aliphatic carbocycles.